The number of rotatable bonds is 4. The van der Waals surface area contributed by atoms with Crippen LogP contribution in [0.4, 0.5) is 20.2 Å². The van der Waals surface area contributed by atoms with Crippen molar-refractivity contribution in [1.82, 2.24) is 10.3 Å². The first-order chi connectivity index (χ1) is 11.5. The van der Waals surface area contributed by atoms with Gasteiger partial charge in [-0.05, 0) is 18.2 Å². The van der Waals surface area contributed by atoms with Gasteiger partial charge in [0.2, 0.25) is 0 Å². The van der Waals surface area contributed by atoms with Crippen LogP contribution in [0, 0.1) is 24.0 Å². The fourth-order valence-electron chi connectivity index (χ4n) is 2.62. The van der Waals surface area contributed by atoms with Gasteiger partial charge < -0.3 is 16.0 Å². The predicted octanol–water partition coefficient (Wildman–Crippen LogP) is 1.55. The van der Waals surface area contributed by atoms with E-state index >= 15 is 0 Å². The molecule has 0 atom stereocenters. The van der Waals surface area contributed by atoms with Crippen LogP contribution in [-0.2, 0) is 0 Å². The topological polar surface area (TPSA) is 71.2 Å². The molecule has 1 amide bonds. The number of nitrogens with two attached hydrogens (primary N) is 1. The molecule has 1 fully saturated rings. The van der Waals surface area contributed by atoms with Crippen LogP contribution in [0.15, 0.2) is 30.6 Å². The standard InChI is InChI=1S/C17H14F2N4O/c1-2-10-3-4-14(12(18)5-10)23(11-6-21-7-11)15-9-22-8-13(19)16(15)17(20)24/h1,3-5,8-9,11,21H,6-7H2,(H2,20,24). The molecule has 7 heteroatoms. The van der Waals surface area contributed by atoms with E-state index in [2.05, 4.69) is 16.2 Å². The van der Waals surface area contributed by atoms with Gasteiger partial charge in [-0.3, -0.25) is 9.78 Å². The SMILES string of the molecule is C#Cc1ccc(N(c2cncc(F)c2C(N)=O)C2CNC2)c(F)c1. The molecule has 1 aromatic carbocycles. The fraction of sp³-hybridized carbons (Fsp3) is 0.176. The number of benzene rings is 1. The summed E-state index contributed by atoms with van der Waals surface area (Å²) >= 11 is 0. The summed E-state index contributed by atoms with van der Waals surface area (Å²) in [4.78, 5) is 17.0. The third kappa shape index (κ3) is 2.68. The summed E-state index contributed by atoms with van der Waals surface area (Å²) in [6.07, 6.45) is 7.48. The van der Waals surface area contributed by atoms with Gasteiger partial charge >= 0.3 is 0 Å². The fourth-order valence-corrected chi connectivity index (χ4v) is 2.62. The van der Waals surface area contributed by atoms with Crippen molar-refractivity contribution in [2.75, 3.05) is 18.0 Å². The Balaban J connectivity index is 2.18. The van der Waals surface area contributed by atoms with Crippen molar-refractivity contribution in [1.29, 1.82) is 0 Å². The highest BCUT2D eigenvalue weighted by molar-refractivity contribution is 5.99. The van der Waals surface area contributed by atoms with Crippen LogP contribution >= 0.6 is 0 Å². The minimum atomic E-state index is -0.942. The van der Waals surface area contributed by atoms with Gasteiger partial charge in [-0.15, -0.1) is 6.42 Å². The maximum absolute atomic E-state index is 14.5. The highest BCUT2D eigenvalue weighted by atomic mass is 19.1. The van der Waals surface area contributed by atoms with Crippen LogP contribution in [0.25, 0.3) is 0 Å². The highest BCUT2D eigenvalue weighted by Gasteiger charge is 2.31. The molecule has 0 bridgehead atoms. The molecule has 3 rings (SSSR count). The Labute approximate surface area is 137 Å². The second-order valence-corrected chi connectivity index (χ2v) is 5.37. The highest BCUT2D eigenvalue weighted by Crippen LogP contribution is 2.34. The molecule has 0 spiro atoms. The monoisotopic (exact) mass is 328 g/mol. The molecule has 1 aromatic heterocycles. The number of carbonyl (C=O) groups is 1. The number of terminal acetylenes is 1. The quantitative estimate of drug-likeness (QED) is 0.836. The number of pyridine rings is 1. The maximum Gasteiger partial charge on any atom is 0.253 e. The third-order valence-electron chi connectivity index (χ3n) is 3.88. The maximum atomic E-state index is 14.5. The summed E-state index contributed by atoms with van der Waals surface area (Å²) in [5.74, 6) is -0.0108. The molecule has 0 aliphatic carbocycles. The number of hydrogen-bond donors (Lipinski definition) is 2. The number of aromatic nitrogens is 1. The number of nitrogens with zero attached hydrogens (tertiary/aromatic N) is 2. The van der Waals surface area contributed by atoms with Gasteiger partial charge in [0.1, 0.15) is 11.4 Å². The van der Waals surface area contributed by atoms with Crippen LogP contribution in [0.3, 0.4) is 0 Å². The number of halogens is 2. The van der Waals surface area contributed by atoms with Gasteiger partial charge in [0.05, 0.1) is 29.8 Å². The van der Waals surface area contributed by atoms with E-state index in [0.29, 0.717) is 18.7 Å². The third-order valence-corrected chi connectivity index (χ3v) is 3.88. The molecule has 5 nitrogen and oxygen atoms in total. The Bertz CT molecular complexity index is 843. The molecule has 24 heavy (non-hydrogen) atoms. The first-order valence-corrected chi connectivity index (χ1v) is 7.22. The summed E-state index contributed by atoms with van der Waals surface area (Å²) in [5, 5.41) is 3.06. The minimum absolute atomic E-state index is 0.126. The van der Waals surface area contributed by atoms with Crippen LogP contribution in [0.2, 0.25) is 0 Å². The Morgan fingerprint density at radius 2 is 2.04 bits per heavy atom. The largest absolute Gasteiger partial charge is 0.365 e. The van der Waals surface area contributed by atoms with E-state index in [9.17, 15) is 13.6 Å². The zero-order valence-corrected chi connectivity index (χ0v) is 12.6. The summed E-state index contributed by atoms with van der Waals surface area (Å²) < 4.78 is 28.6. The van der Waals surface area contributed by atoms with Gasteiger partial charge in [0.15, 0.2) is 5.82 Å². The molecule has 1 aliphatic rings. The van der Waals surface area contributed by atoms with Crippen LogP contribution < -0.4 is 16.0 Å². The van der Waals surface area contributed by atoms with Gasteiger partial charge in [-0.1, -0.05) is 5.92 Å². The number of hydrogen-bond acceptors (Lipinski definition) is 4. The molecule has 3 N–H and O–H groups in total. The van der Waals surface area contributed by atoms with Crippen LogP contribution in [-0.4, -0.2) is 30.0 Å². The normalized spacial score (nSPS) is 13.9. The molecule has 0 radical (unpaired) electrons. The van der Waals surface area contributed by atoms with E-state index in [-0.39, 0.29) is 23.0 Å². The lowest BCUT2D eigenvalue weighted by Crippen LogP contribution is -2.56. The number of anilines is 2. The van der Waals surface area contributed by atoms with E-state index in [1.54, 1.807) is 6.07 Å². The summed E-state index contributed by atoms with van der Waals surface area (Å²) in [6.45, 7) is 1.09. The van der Waals surface area contributed by atoms with Gasteiger partial charge in [-0.2, -0.15) is 0 Å². The van der Waals surface area contributed by atoms with E-state index in [4.69, 9.17) is 12.2 Å². The molecular weight excluding hydrogens is 314 g/mol. The van der Waals surface area contributed by atoms with Gasteiger partial charge in [-0.25, -0.2) is 8.78 Å². The van der Waals surface area contributed by atoms with Crippen molar-refractivity contribution in [2.45, 2.75) is 6.04 Å². The van der Waals surface area contributed by atoms with Crippen molar-refractivity contribution in [2.24, 2.45) is 5.73 Å². The van der Waals surface area contributed by atoms with E-state index in [0.717, 1.165) is 6.20 Å². The Morgan fingerprint density at radius 3 is 2.58 bits per heavy atom. The summed E-state index contributed by atoms with van der Waals surface area (Å²) in [6, 6.07) is 4.12. The number of nitrogens with one attached hydrogen (secondary N) is 1. The number of primary amides is 1. The van der Waals surface area contributed by atoms with Crippen LogP contribution in [0.5, 0.6) is 0 Å². The lowest BCUT2D eigenvalue weighted by molar-refractivity contribution is 0.0996. The molecular formula is C17H14F2N4O. The van der Waals surface area contributed by atoms with Crippen molar-refractivity contribution < 1.29 is 13.6 Å². The van der Waals surface area contributed by atoms with E-state index in [1.807, 2.05) is 0 Å². The zero-order chi connectivity index (χ0) is 17.3. The lowest BCUT2D eigenvalue weighted by Gasteiger charge is -2.40. The van der Waals surface area contributed by atoms with Crippen LogP contribution in [0.1, 0.15) is 15.9 Å². The Hall–Kier alpha value is -2.98. The number of amides is 1. The predicted molar refractivity (Wildman–Crippen MR) is 85.8 cm³/mol. The Morgan fingerprint density at radius 1 is 1.29 bits per heavy atom. The van der Waals surface area contributed by atoms with Crippen molar-refractivity contribution in [3.05, 3.63) is 53.4 Å². The number of carbonyl (C=O) groups excluding carboxylic acids is 1. The minimum Gasteiger partial charge on any atom is -0.365 e. The molecule has 0 saturated carbocycles. The smallest absolute Gasteiger partial charge is 0.253 e. The molecule has 2 aromatic rings. The first kappa shape index (κ1) is 15.9. The zero-order valence-electron chi connectivity index (χ0n) is 12.6. The average molecular weight is 328 g/mol. The second kappa shape index (κ2) is 6.26. The van der Waals surface area contributed by atoms with Crippen molar-refractivity contribution in [3.63, 3.8) is 0 Å². The Kier molecular flexibility index (Phi) is 4.15. The summed E-state index contributed by atoms with van der Waals surface area (Å²) in [7, 11) is 0. The molecule has 1 aliphatic heterocycles. The summed E-state index contributed by atoms with van der Waals surface area (Å²) in [5.41, 5.74) is 5.67. The molecule has 122 valence electrons. The van der Waals surface area contributed by atoms with Crippen molar-refractivity contribution in [3.8, 4) is 12.3 Å². The second-order valence-electron chi connectivity index (χ2n) is 5.37. The average Bonchev–Trinajstić information content (AvgIpc) is 2.50. The van der Waals surface area contributed by atoms with Crippen molar-refractivity contribution >= 4 is 17.3 Å². The lowest BCUT2D eigenvalue weighted by atomic mass is 10.0. The van der Waals surface area contributed by atoms with Gasteiger partial charge in [0, 0.05) is 18.7 Å². The molecule has 2 heterocycles. The van der Waals surface area contributed by atoms with E-state index < -0.39 is 17.5 Å². The van der Waals surface area contributed by atoms with E-state index in [1.165, 1.54) is 23.2 Å². The molecule has 0 unspecified atom stereocenters. The van der Waals surface area contributed by atoms with Gasteiger partial charge in [0.25, 0.3) is 5.91 Å². The molecule has 1 saturated heterocycles. The first-order valence-electron chi connectivity index (χ1n) is 7.22.